The van der Waals surface area contributed by atoms with Crippen molar-refractivity contribution in [3.63, 3.8) is 0 Å². The van der Waals surface area contributed by atoms with Gasteiger partial charge in [-0.1, -0.05) is 0 Å². The Bertz CT molecular complexity index is 539. The molecule has 1 aromatic rings. The van der Waals surface area contributed by atoms with Crippen LogP contribution in [0.3, 0.4) is 0 Å². The standard InChI is InChI=1S/C13H18N2O4S2/c1-3-19-12(16)8-9(14)10(13(17)18-2)21-11(8)15-4-6-20-7-5-15/h3-7,14H2,1-2H3. The van der Waals surface area contributed by atoms with Gasteiger partial charge in [0.2, 0.25) is 0 Å². The van der Waals surface area contributed by atoms with E-state index >= 15 is 0 Å². The summed E-state index contributed by atoms with van der Waals surface area (Å²) in [7, 11) is 1.29. The maximum atomic E-state index is 12.2. The summed E-state index contributed by atoms with van der Waals surface area (Å²) in [6.45, 7) is 3.63. The highest BCUT2D eigenvalue weighted by atomic mass is 32.2. The van der Waals surface area contributed by atoms with Crippen molar-refractivity contribution in [3.05, 3.63) is 10.4 Å². The van der Waals surface area contributed by atoms with E-state index in [9.17, 15) is 9.59 Å². The van der Waals surface area contributed by atoms with Gasteiger partial charge in [-0.15, -0.1) is 11.3 Å². The van der Waals surface area contributed by atoms with Crippen molar-refractivity contribution in [3.8, 4) is 0 Å². The average molecular weight is 330 g/mol. The second kappa shape index (κ2) is 7.04. The highest BCUT2D eigenvalue weighted by Crippen LogP contribution is 2.40. The summed E-state index contributed by atoms with van der Waals surface area (Å²) < 4.78 is 9.80. The van der Waals surface area contributed by atoms with Crippen LogP contribution in [0.15, 0.2) is 0 Å². The molecule has 0 bridgehead atoms. The number of nitrogen functional groups attached to an aromatic ring is 1. The second-order valence-corrected chi connectivity index (χ2v) is 6.56. The van der Waals surface area contributed by atoms with E-state index in [-0.39, 0.29) is 22.7 Å². The smallest absolute Gasteiger partial charge is 0.350 e. The largest absolute Gasteiger partial charge is 0.465 e. The Hall–Kier alpha value is -1.41. The molecule has 0 atom stereocenters. The molecule has 1 aromatic heterocycles. The van der Waals surface area contributed by atoms with E-state index in [1.807, 2.05) is 11.8 Å². The Morgan fingerprint density at radius 1 is 1.29 bits per heavy atom. The van der Waals surface area contributed by atoms with Crippen LogP contribution in [0.2, 0.25) is 0 Å². The molecule has 0 saturated carbocycles. The molecule has 1 aliphatic rings. The molecule has 21 heavy (non-hydrogen) atoms. The van der Waals surface area contributed by atoms with E-state index in [0.717, 1.165) is 24.6 Å². The van der Waals surface area contributed by atoms with Gasteiger partial charge in [0.1, 0.15) is 15.4 Å². The van der Waals surface area contributed by atoms with E-state index < -0.39 is 11.9 Å². The molecule has 1 aliphatic heterocycles. The molecular weight excluding hydrogens is 312 g/mol. The van der Waals surface area contributed by atoms with Crippen LogP contribution in [0.5, 0.6) is 0 Å². The van der Waals surface area contributed by atoms with Gasteiger partial charge < -0.3 is 20.1 Å². The zero-order chi connectivity index (χ0) is 15.4. The lowest BCUT2D eigenvalue weighted by Gasteiger charge is -2.27. The number of esters is 2. The molecule has 6 nitrogen and oxygen atoms in total. The first-order chi connectivity index (χ1) is 10.1. The molecule has 1 fully saturated rings. The minimum absolute atomic E-state index is 0.151. The third-order valence-electron chi connectivity index (χ3n) is 3.08. The predicted molar refractivity (Wildman–Crippen MR) is 85.6 cm³/mol. The average Bonchev–Trinajstić information content (AvgIpc) is 2.85. The Morgan fingerprint density at radius 2 is 1.95 bits per heavy atom. The first-order valence-electron chi connectivity index (χ1n) is 6.60. The third kappa shape index (κ3) is 3.26. The molecule has 116 valence electrons. The number of rotatable bonds is 4. The van der Waals surface area contributed by atoms with Crippen LogP contribution >= 0.6 is 23.1 Å². The van der Waals surface area contributed by atoms with Crippen LogP contribution in [0, 0.1) is 0 Å². The van der Waals surface area contributed by atoms with E-state index in [1.165, 1.54) is 18.4 Å². The van der Waals surface area contributed by atoms with Gasteiger partial charge in [0, 0.05) is 24.6 Å². The van der Waals surface area contributed by atoms with E-state index in [1.54, 1.807) is 6.92 Å². The quantitative estimate of drug-likeness (QED) is 0.844. The Morgan fingerprint density at radius 3 is 2.52 bits per heavy atom. The first kappa shape index (κ1) is 16.0. The number of nitrogens with two attached hydrogens (primary N) is 1. The van der Waals surface area contributed by atoms with Crippen LogP contribution in [-0.4, -0.2) is 50.3 Å². The number of thioether (sulfide) groups is 1. The number of carbonyl (C=O) groups is 2. The summed E-state index contributed by atoms with van der Waals surface area (Å²) >= 11 is 3.06. The van der Waals surface area contributed by atoms with Crippen molar-refractivity contribution < 1.29 is 19.1 Å². The highest BCUT2D eigenvalue weighted by Gasteiger charge is 2.30. The van der Waals surface area contributed by atoms with Gasteiger partial charge in [0.05, 0.1) is 19.4 Å². The minimum atomic E-state index is -0.527. The van der Waals surface area contributed by atoms with Crippen LogP contribution < -0.4 is 10.6 Å². The Balaban J connectivity index is 2.45. The number of hydrogen-bond acceptors (Lipinski definition) is 8. The number of carbonyl (C=O) groups excluding carboxylic acids is 2. The molecule has 8 heteroatoms. The molecule has 0 aliphatic carbocycles. The summed E-state index contributed by atoms with van der Waals surface area (Å²) in [5.74, 6) is 0.941. The van der Waals surface area contributed by atoms with Crippen molar-refractivity contribution in [2.75, 3.05) is 48.9 Å². The van der Waals surface area contributed by atoms with E-state index in [4.69, 9.17) is 15.2 Å². The summed E-state index contributed by atoms with van der Waals surface area (Å²) in [6, 6.07) is 0. The molecule has 0 unspecified atom stereocenters. The monoisotopic (exact) mass is 330 g/mol. The van der Waals surface area contributed by atoms with Gasteiger partial charge >= 0.3 is 11.9 Å². The molecule has 2 heterocycles. The van der Waals surface area contributed by atoms with Crippen LogP contribution in [0.4, 0.5) is 10.7 Å². The summed E-state index contributed by atoms with van der Waals surface area (Å²) in [5.41, 5.74) is 6.43. The van der Waals surface area contributed by atoms with Crippen molar-refractivity contribution in [1.82, 2.24) is 0 Å². The SMILES string of the molecule is CCOC(=O)c1c(N2CCSCC2)sc(C(=O)OC)c1N. The Kier molecular flexibility index (Phi) is 5.35. The summed E-state index contributed by atoms with van der Waals surface area (Å²) in [5, 5.41) is 0.701. The topological polar surface area (TPSA) is 81.9 Å². The van der Waals surface area contributed by atoms with Gasteiger partial charge in [-0.3, -0.25) is 0 Å². The normalized spacial score (nSPS) is 14.9. The summed E-state index contributed by atoms with van der Waals surface area (Å²) in [4.78, 5) is 26.3. The molecular formula is C13H18N2O4S2. The lowest BCUT2D eigenvalue weighted by molar-refractivity contribution is 0.0529. The lowest BCUT2D eigenvalue weighted by atomic mass is 10.2. The molecule has 2 N–H and O–H groups in total. The predicted octanol–water partition coefficient (Wildman–Crippen LogP) is 1.85. The van der Waals surface area contributed by atoms with Crippen molar-refractivity contribution in [2.24, 2.45) is 0 Å². The molecule has 0 amide bonds. The first-order valence-corrected chi connectivity index (χ1v) is 8.57. The molecule has 0 radical (unpaired) electrons. The van der Waals surface area contributed by atoms with E-state index in [0.29, 0.717) is 5.00 Å². The fourth-order valence-corrected chi connectivity index (χ4v) is 4.15. The van der Waals surface area contributed by atoms with E-state index in [2.05, 4.69) is 4.90 Å². The lowest BCUT2D eigenvalue weighted by Crippen LogP contribution is -2.33. The zero-order valence-corrected chi connectivity index (χ0v) is 13.6. The fraction of sp³-hybridized carbons (Fsp3) is 0.538. The molecule has 0 spiro atoms. The van der Waals surface area contributed by atoms with Crippen LogP contribution in [0.25, 0.3) is 0 Å². The Labute approximate surface area is 131 Å². The van der Waals surface area contributed by atoms with Gasteiger partial charge in [-0.05, 0) is 6.92 Å². The van der Waals surface area contributed by atoms with Crippen LogP contribution in [-0.2, 0) is 9.47 Å². The van der Waals surface area contributed by atoms with Crippen molar-refractivity contribution in [2.45, 2.75) is 6.92 Å². The fourth-order valence-electron chi connectivity index (χ4n) is 2.07. The van der Waals surface area contributed by atoms with Crippen molar-refractivity contribution in [1.29, 1.82) is 0 Å². The van der Waals surface area contributed by atoms with Gasteiger partial charge in [-0.2, -0.15) is 11.8 Å². The number of anilines is 2. The maximum Gasteiger partial charge on any atom is 0.350 e. The minimum Gasteiger partial charge on any atom is -0.465 e. The number of ether oxygens (including phenoxy) is 2. The number of methoxy groups -OCH3 is 1. The number of thiophene rings is 1. The second-order valence-electron chi connectivity index (χ2n) is 4.34. The van der Waals surface area contributed by atoms with Gasteiger partial charge in [0.15, 0.2) is 0 Å². The third-order valence-corrected chi connectivity index (χ3v) is 5.26. The van der Waals surface area contributed by atoms with Gasteiger partial charge in [-0.25, -0.2) is 9.59 Å². The maximum absolute atomic E-state index is 12.2. The number of nitrogens with zero attached hydrogens (tertiary/aromatic N) is 1. The van der Waals surface area contributed by atoms with Gasteiger partial charge in [0.25, 0.3) is 0 Å². The summed E-state index contributed by atoms with van der Waals surface area (Å²) in [6.07, 6.45) is 0. The molecule has 1 saturated heterocycles. The number of hydrogen-bond donors (Lipinski definition) is 1. The highest BCUT2D eigenvalue weighted by molar-refractivity contribution is 7.99. The molecule has 2 rings (SSSR count). The zero-order valence-electron chi connectivity index (χ0n) is 12.0. The van der Waals surface area contributed by atoms with Crippen molar-refractivity contribution >= 4 is 45.7 Å². The molecule has 0 aromatic carbocycles. The van der Waals surface area contributed by atoms with Crippen LogP contribution in [0.1, 0.15) is 27.0 Å².